The zero-order valence-corrected chi connectivity index (χ0v) is 6.43. The minimum atomic E-state index is -0.166. The van der Waals surface area contributed by atoms with Gasteiger partial charge in [0.05, 0.1) is 6.10 Å². The number of hydrogen-bond acceptors (Lipinski definition) is 3. The SMILES string of the molecule is CC(O)CCNC1CNC1. The van der Waals surface area contributed by atoms with Crippen molar-refractivity contribution >= 4 is 0 Å². The number of hydrogen-bond donors (Lipinski definition) is 3. The van der Waals surface area contributed by atoms with E-state index in [1.165, 1.54) is 0 Å². The van der Waals surface area contributed by atoms with Gasteiger partial charge in [-0.1, -0.05) is 0 Å². The zero-order valence-electron chi connectivity index (χ0n) is 6.43. The van der Waals surface area contributed by atoms with E-state index in [9.17, 15) is 0 Å². The number of rotatable bonds is 4. The Hall–Kier alpha value is -0.120. The second-order valence-corrected chi connectivity index (χ2v) is 2.95. The standard InChI is InChI=1S/C7H16N2O/c1-6(10)2-3-9-7-4-8-5-7/h6-10H,2-5H2,1H3. The molecule has 0 radical (unpaired) electrons. The Labute approximate surface area is 61.8 Å². The molecule has 1 fully saturated rings. The molecule has 60 valence electrons. The van der Waals surface area contributed by atoms with Crippen LogP contribution >= 0.6 is 0 Å². The van der Waals surface area contributed by atoms with E-state index in [2.05, 4.69) is 10.6 Å². The van der Waals surface area contributed by atoms with Gasteiger partial charge in [0.2, 0.25) is 0 Å². The first-order chi connectivity index (χ1) is 4.79. The highest BCUT2D eigenvalue weighted by atomic mass is 16.3. The summed E-state index contributed by atoms with van der Waals surface area (Å²) < 4.78 is 0. The summed E-state index contributed by atoms with van der Waals surface area (Å²) in [6.07, 6.45) is 0.691. The normalized spacial score (nSPS) is 22.2. The Morgan fingerprint density at radius 1 is 1.70 bits per heavy atom. The smallest absolute Gasteiger partial charge is 0.0524 e. The molecule has 3 heteroatoms. The van der Waals surface area contributed by atoms with Gasteiger partial charge in [-0.15, -0.1) is 0 Å². The van der Waals surface area contributed by atoms with E-state index in [1.807, 2.05) is 6.92 Å². The third-order valence-corrected chi connectivity index (χ3v) is 1.78. The van der Waals surface area contributed by atoms with Crippen molar-refractivity contribution in [1.29, 1.82) is 0 Å². The van der Waals surface area contributed by atoms with Crippen LogP contribution in [0.15, 0.2) is 0 Å². The lowest BCUT2D eigenvalue weighted by Gasteiger charge is -2.28. The molecule has 0 saturated carbocycles. The largest absolute Gasteiger partial charge is 0.393 e. The van der Waals surface area contributed by atoms with Gasteiger partial charge in [-0.05, 0) is 19.9 Å². The average molecular weight is 144 g/mol. The van der Waals surface area contributed by atoms with Crippen LogP contribution in [-0.4, -0.2) is 36.9 Å². The summed E-state index contributed by atoms with van der Waals surface area (Å²) in [6.45, 7) is 4.92. The van der Waals surface area contributed by atoms with Crippen LogP contribution in [-0.2, 0) is 0 Å². The minimum absolute atomic E-state index is 0.166. The van der Waals surface area contributed by atoms with Gasteiger partial charge in [0.25, 0.3) is 0 Å². The van der Waals surface area contributed by atoms with Gasteiger partial charge in [0.1, 0.15) is 0 Å². The maximum absolute atomic E-state index is 8.90. The van der Waals surface area contributed by atoms with Crippen molar-refractivity contribution in [3.63, 3.8) is 0 Å². The van der Waals surface area contributed by atoms with Crippen molar-refractivity contribution in [2.24, 2.45) is 0 Å². The van der Waals surface area contributed by atoms with Gasteiger partial charge in [-0.25, -0.2) is 0 Å². The van der Waals surface area contributed by atoms with Gasteiger partial charge in [-0.3, -0.25) is 0 Å². The summed E-state index contributed by atoms with van der Waals surface area (Å²) in [5.41, 5.74) is 0. The molecule has 1 heterocycles. The molecular weight excluding hydrogens is 128 g/mol. The van der Waals surface area contributed by atoms with E-state index in [-0.39, 0.29) is 6.10 Å². The Bertz CT molecular complexity index is 91.6. The lowest BCUT2D eigenvalue weighted by Crippen LogP contribution is -2.55. The zero-order chi connectivity index (χ0) is 7.40. The molecule has 1 unspecified atom stereocenters. The van der Waals surface area contributed by atoms with Crippen LogP contribution in [0.1, 0.15) is 13.3 Å². The van der Waals surface area contributed by atoms with Crippen LogP contribution in [0.25, 0.3) is 0 Å². The number of aliphatic hydroxyl groups is 1. The van der Waals surface area contributed by atoms with E-state index in [0.717, 1.165) is 26.1 Å². The van der Waals surface area contributed by atoms with Crippen LogP contribution in [0.3, 0.4) is 0 Å². The molecule has 3 nitrogen and oxygen atoms in total. The monoisotopic (exact) mass is 144 g/mol. The Kier molecular flexibility index (Phi) is 3.12. The van der Waals surface area contributed by atoms with Crippen LogP contribution in [0.2, 0.25) is 0 Å². The summed E-state index contributed by atoms with van der Waals surface area (Å²) >= 11 is 0. The van der Waals surface area contributed by atoms with Crippen LogP contribution in [0, 0.1) is 0 Å². The van der Waals surface area contributed by atoms with Crippen molar-refractivity contribution < 1.29 is 5.11 Å². The highest BCUT2D eigenvalue weighted by Crippen LogP contribution is 1.92. The van der Waals surface area contributed by atoms with E-state index < -0.39 is 0 Å². The molecule has 1 saturated heterocycles. The first-order valence-corrected chi connectivity index (χ1v) is 3.91. The van der Waals surface area contributed by atoms with E-state index in [1.54, 1.807) is 0 Å². The molecule has 0 aliphatic carbocycles. The van der Waals surface area contributed by atoms with Gasteiger partial charge in [0.15, 0.2) is 0 Å². The molecular formula is C7H16N2O. The lowest BCUT2D eigenvalue weighted by molar-refractivity contribution is 0.180. The van der Waals surface area contributed by atoms with Gasteiger partial charge in [0, 0.05) is 19.1 Å². The molecule has 0 spiro atoms. The van der Waals surface area contributed by atoms with Crippen LogP contribution in [0.5, 0.6) is 0 Å². The minimum Gasteiger partial charge on any atom is -0.393 e. The molecule has 0 aromatic heterocycles. The molecule has 0 bridgehead atoms. The van der Waals surface area contributed by atoms with Gasteiger partial charge < -0.3 is 15.7 Å². The van der Waals surface area contributed by atoms with Crippen molar-refractivity contribution in [2.75, 3.05) is 19.6 Å². The van der Waals surface area contributed by atoms with Crippen LogP contribution < -0.4 is 10.6 Å². The van der Waals surface area contributed by atoms with Crippen molar-refractivity contribution in [1.82, 2.24) is 10.6 Å². The van der Waals surface area contributed by atoms with Gasteiger partial charge in [-0.2, -0.15) is 0 Å². The molecule has 0 amide bonds. The molecule has 1 aliphatic rings. The molecule has 3 N–H and O–H groups in total. The lowest BCUT2D eigenvalue weighted by atomic mass is 10.2. The topological polar surface area (TPSA) is 44.3 Å². The highest BCUT2D eigenvalue weighted by molar-refractivity contribution is 4.81. The summed E-state index contributed by atoms with van der Waals surface area (Å²) in [6, 6.07) is 0.652. The fourth-order valence-corrected chi connectivity index (χ4v) is 0.929. The van der Waals surface area contributed by atoms with Crippen molar-refractivity contribution in [2.45, 2.75) is 25.5 Å². The molecule has 0 aromatic carbocycles. The molecule has 1 rings (SSSR count). The third kappa shape index (κ3) is 2.64. The second kappa shape index (κ2) is 3.91. The molecule has 10 heavy (non-hydrogen) atoms. The van der Waals surface area contributed by atoms with E-state index in [4.69, 9.17) is 5.11 Å². The second-order valence-electron chi connectivity index (χ2n) is 2.95. The number of aliphatic hydroxyl groups excluding tert-OH is 1. The summed E-state index contributed by atoms with van der Waals surface area (Å²) in [5, 5.41) is 15.4. The van der Waals surface area contributed by atoms with E-state index in [0.29, 0.717) is 6.04 Å². The Morgan fingerprint density at radius 3 is 2.80 bits per heavy atom. The fourth-order valence-electron chi connectivity index (χ4n) is 0.929. The average Bonchev–Trinajstić information content (AvgIpc) is 1.75. The van der Waals surface area contributed by atoms with Crippen molar-refractivity contribution in [3.8, 4) is 0 Å². The maximum atomic E-state index is 8.90. The Balaban J connectivity index is 1.85. The van der Waals surface area contributed by atoms with Crippen LogP contribution in [0.4, 0.5) is 0 Å². The third-order valence-electron chi connectivity index (χ3n) is 1.78. The molecule has 1 aliphatic heterocycles. The Morgan fingerprint density at radius 2 is 2.40 bits per heavy atom. The summed E-state index contributed by atoms with van der Waals surface area (Å²) in [4.78, 5) is 0. The first-order valence-electron chi connectivity index (χ1n) is 3.91. The highest BCUT2D eigenvalue weighted by Gasteiger charge is 2.14. The molecule has 1 atom stereocenters. The predicted octanol–water partition coefficient (Wildman–Crippen LogP) is -0.681. The maximum Gasteiger partial charge on any atom is 0.0524 e. The summed E-state index contributed by atoms with van der Waals surface area (Å²) in [5.74, 6) is 0. The summed E-state index contributed by atoms with van der Waals surface area (Å²) in [7, 11) is 0. The van der Waals surface area contributed by atoms with Gasteiger partial charge >= 0.3 is 0 Å². The predicted molar refractivity (Wildman–Crippen MR) is 41.0 cm³/mol. The fraction of sp³-hybridized carbons (Fsp3) is 1.00. The van der Waals surface area contributed by atoms with Crippen molar-refractivity contribution in [3.05, 3.63) is 0 Å². The number of nitrogens with one attached hydrogen (secondary N) is 2. The molecule has 0 aromatic rings. The quantitative estimate of drug-likeness (QED) is 0.490. The van der Waals surface area contributed by atoms with E-state index >= 15 is 0 Å². The first kappa shape index (κ1) is 7.98.